The second-order valence-electron chi connectivity index (χ2n) is 6.09. The molecule has 110 valence electrons. The second kappa shape index (κ2) is 6.59. The minimum Gasteiger partial charge on any atom is -0.379 e. The smallest absolute Gasteiger partial charge is 0.0621 e. The summed E-state index contributed by atoms with van der Waals surface area (Å²) in [6.45, 7) is 6.26. The molecule has 0 spiro atoms. The quantitative estimate of drug-likeness (QED) is 0.917. The monoisotopic (exact) mass is 274 g/mol. The fourth-order valence-electron chi connectivity index (χ4n) is 3.49. The first-order valence-electron chi connectivity index (χ1n) is 8.00. The van der Waals surface area contributed by atoms with Crippen LogP contribution in [0.15, 0.2) is 24.3 Å². The third-order valence-corrected chi connectivity index (χ3v) is 4.55. The fourth-order valence-corrected chi connectivity index (χ4v) is 3.49. The first-order chi connectivity index (χ1) is 9.84. The summed E-state index contributed by atoms with van der Waals surface area (Å²) in [4.78, 5) is 2.61. The third kappa shape index (κ3) is 3.15. The van der Waals surface area contributed by atoms with Crippen molar-refractivity contribution in [1.82, 2.24) is 5.32 Å². The van der Waals surface area contributed by atoms with E-state index in [9.17, 15) is 0 Å². The molecule has 2 heterocycles. The zero-order valence-corrected chi connectivity index (χ0v) is 12.5. The van der Waals surface area contributed by atoms with E-state index in [1.54, 1.807) is 0 Å². The van der Waals surface area contributed by atoms with Crippen molar-refractivity contribution in [2.24, 2.45) is 0 Å². The molecule has 2 aliphatic rings. The first-order valence-corrected chi connectivity index (χ1v) is 8.00. The van der Waals surface area contributed by atoms with Crippen molar-refractivity contribution in [2.75, 3.05) is 31.2 Å². The Morgan fingerprint density at radius 3 is 3.10 bits per heavy atom. The normalized spacial score (nSPS) is 24.9. The van der Waals surface area contributed by atoms with Crippen LogP contribution < -0.4 is 10.2 Å². The fraction of sp³-hybridized carbons (Fsp3) is 0.647. The van der Waals surface area contributed by atoms with Gasteiger partial charge in [0.1, 0.15) is 0 Å². The minimum absolute atomic E-state index is 0.508. The molecule has 0 radical (unpaired) electrons. The summed E-state index contributed by atoms with van der Waals surface area (Å²) in [5.74, 6) is 0. The molecule has 1 aromatic rings. The number of rotatable bonds is 3. The highest BCUT2D eigenvalue weighted by Gasteiger charge is 2.23. The van der Waals surface area contributed by atoms with Crippen LogP contribution in [-0.2, 0) is 11.2 Å². The molecule has 3 nitrogen and oxygen atoms in total. The summed E-state index contributed by atoms with van der Waals surface area (Å²) in [7, 11) is 0. The summed E-state index contributed by atoms with van der Waals surface area (Å²) < 4.78 is 5.58. The lowest BCUT2D eigenvalue weighted by Crippen LogP contribution is -2.46. The van der Waals surface area contributed by atoms with Crippen molar-refractivity contribution < 1.29 is 4.74 Å². The van der Waals surface area contributed by atoms with Gasteiger partial charge in [0.05, 0.1) is 13.2 Å². The molecule has 1 saturated heterocycles. The lowest BCUT2D eigenvalue weighted by Gasteiger charge is -2.35. The van der Waals surface area contributed by atoms with Gasteiger partial charge in [-0.3, -0.25) is 0 Å². The predicted octanol–water partition coefficient (Wildman–Crippen LogP) is 2.60. The van der Waals surface area contributed by atoms with Crippen LogP contribution in [0.2, 0.25) is 0 Å². The second-order valence-corrected chi connectivity index (χ2v) is 6.09. The first kappa shape index (κ1) is 13.9. The molecule has 0 saturated carbocycles. The number of nitrogens with zero attached hydrogens (tertiary/aromatic N) is 1. The number of morpholine rings is 1. The molecule has 0 aliphatic carbocycles. The van der Waals surface area contributed by atoms with Crippen molar-refractivity contribution in [3.05, 3.63) is 29.8 Å². The lowest BCUT2D eigenvalue weighted by molar-refractivity contribution is 0.0722. The van der Waals surface area contributed by atoms with Gasteiger partial charge in [0.25, 0.3) is 0 Å². The van der Waals surface area contributed by atoms with E-state index >= 15 is 0 Å². The average molecular weight is 274 g/mol. The van der Waals surface area contributed by atoms with Crippen LogP contribution in [-0.4, -0.2) is 38.4 Å². The molecular formula is C17H26N2O. The molecule has 3 rings (SSSR count). The SMILES string of the molecule is CC(CC1COCCN1)N1CCCCc2ccccc21. The van der Waals surface area contributed by atoms with E-state index in [0.717, 1.165) is 26.2 Å². The van der Waals surface area contributed by atoms with Crippen LogP contribution in [0.1, 0.15) is 31.7 Å². The molecule has 1 N–H and O–H groups in total. The van der Waals surface area contributed by atoms with Crippen LogP contribution >= 0.6 is 0 Å². The number of benzene rings is 1. The van der Waals surface area contributed by atoms with Crippen LogP contribution in [0, 0.1) is 0 Å². The lowest BCUT2D eigenvalue weighted by atomic mass is 10.0. The van der Waals surface area contributed by atoms with Crippen LogP contribution in [0.25, 0.3) is 0 Å². The van der Waals surface area contributed by atoms with Crippen molar-refractivity contribution in [1.29, 1.82) is 0 Å². The highest BCUT2D eigenvalue weighted by atomic mass is 16.5. The Balaban J connectivity index is 1.71. The van der Waals surface area contributed by atoms with Gasteiger partial charge in [-0.05, 0) is 44.2 Å². The van der Waals surface area contributed by atoms with Gasteiger partial charge in [0, 0.05) is 30.9 Å². The van der Waals surface area contributed by atoms with E-state index in [1.807, 2.05) is 0 Å². The molecule has 0 bridgehead atoms. The number of hydrogen-bond donors (Lipinski definition) is 1. The zero-order chi connectivity index (χ0) is 13.8. The van der Waals surface area contributed by atoms with E-state index in [1.165, 1.54) is 37.1 Å². The Labute approximate surface area is 122 Å². The Morgan fingerprint density at radius 2 is 2.25 bits per heavy atom. The Hall–Kier alpha value is -1.06. The Kier molecular flexibility index (Phi) is 4.58. The van der Waals surface area contributed by atoms with E-state index < -0.39 is 0 Å². The maximum Gasteiger partial charge on any atom is 0.0621 e. The summed E-state index contributed by atoms with van der Waals surface area (Å²) in [6.07, 6.45) is 5.00. The Morgan fingerprint density at radius 1 is 1.35 bits per heavy atom. The molecule has 3 heteroatoms. The van der Waals surface area contributed by atoms with Gasteiger partial charge in [0.15, 0.2) is 0 Å². The van der Waals surface area contributed by atoms with Crippen LogP contribution in [0.3, 0.4) is 0 Å². The van der Waals surface area contributed by atoms with Gasteiger partial charge >= 0.3 is 0 Å². The molecule has 20 heavy (non-hydrogen) atoms. The van der Waals surface area contributed by atoms with E-state index in [0.29, 0.717) is 12.1 Å². The maximum absolute atomic E-state index is 5.58. The van der Waals surface area contributed by atoms with E-state index in [2.05, 4.69) is 41.4 Å². The molecule has 1 fully saturated rings. The van der Waals surface area contributed by atoms with Gasteiger partial charge in [-0.25, -0.2) is 0 Å². The third-order valence-electron chi connectivity index (χ3n) is 4.55. The van der Waals surface area contributed by atoms with E-state index in [-0.39, 0.29) is 0 Å². The number of nitrogens with one attached hydrogen (secondary N) is 1. The van der Waals surface area contributed by atoms with Gasteiger partial charge < -0.3 is 15.0 Å². The zero-order valence-electron chi connectivity index (χ0n) is 12.5. The van der Waals surface area contributed by atoms with Crippen molar-refractivity contribution in [2.45, 2.75) is 44.7 Å². The number of para-hydroxylation sites is 1. The average Bonchev–Trinajstić information content (AvgIpc) is 2.70. The minimum atomic E-state index is 0.508. The van der Waals surface area contributed by atoms with Crippen LogP contribution in [0.5, 0.6) is 0 Å². The van der Waals surface area contributed by atoms with Crippen molar-refractivity contribution >= 4 is 5.69 Å². The molecule has 2 aliphatic heterocycles. The summed E-state index contributed by atoms with van der Waals surface area (Å²) in [5.41, 5.74) is 2.97. The molecule has 2 atom stereocenters. The molecule has 2 unspecified atom stereocenters. The number of hydrogen-bond acceptors (Lipinski definition) is 3. The van der Waals surface area contributed by atoms with Crippen molar-refractivity contribution in [3.63, 3.8) is 0 Å². The summed E-state index contributed by atoms with van der Waals surface area (Å²) >= 11 is 0. The highest BCUT2D eigenvalue weighted by Crippen LogP contribution is 2.28. The number of fused-ring (bicyclic) bond motifs is 1. The summed E-state index contributed by atoms with van der Waals surface area (Å²) in [6, 6.07) is 10.0. The Bertz CT molecular complexity index is 429. The van der Waals surface area contributed by atoms with Crippen LogP contribution in [0.4, 0.5) is 5.69 Å². The standard InChI is InChI=1S/C17H26N2O/c1-14(12-16-13-20-11-9-18-16)19-10-5-4-7-15-6-2-3-8-17(15)19/h2-3,6,8,14,16,18H,4-5,7,9-13H2,1H3. The van der Waals surface area contributed by atoms with Gasteiger partial charge in [-0.15, -0.1) is 0 Å². The van der Waals surface area contributed by atoms with Gasteiger partial charge in [0.2, 0.25) is 0 Å². The molecule has 0 aromatic heterocycles. The van der Waals surface area contributed by atoms with Gasteiger partial charge in [-0.1, -0.05) is 18.2 Å². The maximum atomic E-state index is 5.58. The van der Waals surface area contributed by atoms with Crippen molar-refractivity contribution in [3.8, 4) is 0 Å². The highest BCUT2D eigenvalue weighted by molar-refractivity contribution is 5.55. The van der Waals surface area contributed by atoms with Gasteiger partial charge in [-0.2, -0.15) is 0 Å². The molecule has 1 aromatic carbocycles. The molecule has 0 amide bonds. The predicted molar refractivity (Wildman–Crippen MR) is 83.4 cm³/mol. The largest absolute Gasteiger partial charge is 0.379 e. The molecular weight excluding hydrogens is 248 g/mol. The number of anilines is 1. The topological polar surface area (TPSA) is 24.5 Å². The summed E-state index contributed by atoms with van der Waals surface area (Å²) in [5, 5.41) is 3.58. The van der Waals surface area contributed by atoms with E-state index in [4.69, 9.17) is 4.74 Å². The number of ether oxygens (including phenoxy) is 1. The number of aryl methyl sites for hydroxylation is 1.